The molecule has 1 aliphatic rings. The second-order valence-corrected chi connectivity index (χ2v) is 6.22. The third kappa shape index (κ3) is 2.37. The molecule has 0 saturated heterocycles. The van der Waals surface area contributed by atoms with Gasteiger partial charge in [-0.25, -0.2) is 0 Å². The molecule has 1 aromatic heterocycles. The molecular weight excluding hydrogens is 290 g/mol. The summed E-state index contributed by atoms with van der Waals surface area (Å²) < 4.78 is 3.41. The normalized spacial score (nSPS) is 18.9. The highest BCUT2D eigenvalue weighted by atomic mass is 79.9. The predicted molar refractivity (Wildman–Crippen MR) is 78.9 cm³/mol. The lowest BCUT2D eigenvalue weighted by Gasteiger charge is -2.23. The molecule has 18 heavy (non-hydrogen) atoms. The molecule has 0 aromatic carbocycles. The Bertz CT molecular complexity index is 421. The van der Waals surface area contributed by atoms with E-state index in [1.54, 1.807) is 0 Å². The molecule has 0 amide bonds. The lowest BCUT2D eigenvalue weighted by atomic mass is 9.92. The van der Waals surface area contributed by atoms with E-state index in [2.05, 4.69) is 53.7 Å². The number of nitrogens with one attached hydrogen (secondary N) is 1. The van der Waals surface area contributed by atoms with E-state index in [4.69, 9.17) is 5.10 Å². The number of hydrogen-bond acceptors (Lipinski definition) is 2. The van der Waals surface area contributed by atoms with E-state index in [-0.39, 0.29) is 0 Å². The molecular formula is C14H24BrN3. The lowest BCUT2D eigenvalue weighted by molar-refractivity contribution is 0.359. The molecule has 1 aliphatic carbocycles. The molecule has 0 radical (unpaired) electrons. The molecule has 1 unspecified atom stereocenters. The molecule has 2 rings (SSSR count). The Labute approximate surface area is 118 Å². The molecule has 3 nitrogen and oxygen atoms in total. The molecule has 1 atom stereocenters. The molecule has 102 valence electrons. The first-order chi connectivity index (χ1) is 8.57. The summed E-state index contributed by atoms with van der Waals surface area (Å²) in [5.41, 5.74) is 3.03. The van der Waals surface area contributed by atoms with Crippen molar-refractivity contribution in [3.63, 3.8) is 0 Å². The Balaban J connectivity index is 2.26. The van der Waals surface area contributed by atoms with Gasteiger partial charge in [-0.15, -0.1) is 0 Å². The van der Waals surface area contributed by atoms with Gasteiger partial charge in [-0.3, -0.25) is 4.68 Å². The van der Waals surface area contributed by atoms with Crippen LogP contribution in [0.3, 0.4) is 0 Å². The molecule has 0 aliphatic heterocycles. The summed E-state index contributed by atoms with van der Waals surface area (Å²) in [4.78, 5) is 0. The van der Waals surface area contributed by atoms with Gasteiger partial charge < -0.3 is 5.32 Å². The van der Waals surface area contributed by atoms with Crippen LogP contribution in [-0.4, -0.2) is 22.9 Å². The van der Waals surface area contributed by atoms with Crippen LogP contribution in [0.25, 0.3) is 0 Å². The summed E-state index contributed by atoms with van der Waals surface area (Å²) in [7, 11) is 2.06. The molecule has 4 heteroatoms. The Hall–Kier alpha value is -0.350. The van der Waals surface area contributed by atoms with Gasteiger partial charge in [-0.2, -0.15) is 5.10 Å². The first-order valence-electron chi connectivity index (χ1n) is 6.99. The summed E-state index contributed by atoms with van der Waals surface area (Å²) in [6, 6.07) is 0.578. The van der Waals surface area contributed by atoms with Gasteiger partial charge >= 0.3 is 0 Å². The Morgan fingerprint density at radius 2 is 2.11 bits per heavy atom. The van der Waals surface area contributed by atoms with E-state index in [9.17, 15) is 0 Å². The number of hydrogen-bond donors (Lipinski definition) is 1. The number of rotatable bonds is 6. The van der Waals surface area contributed by atoms with Gasteiger partial charge in [0.1, 0.15) is 0 Å². The molecule has 0 bridgehead atoms. The average molecular weight is 314 g/mol. The van der Waals surface area contributed by atoms with Crippen LogP contribution < -0.4 is 5.32 Å². The van der Waals surface area contributed by atoms with Gasteiger partial charge in [0.15, 0.2) is 0 Å². The van der Waals surface area contributed by atoms with E-state index in [1.165, 1.54) is 28.7 Å². The van der Waals surface area contributed by atoms with E-state index in [0.29, 0.717) is 11.5 Å². The maximum absolute atomic E-state index is 4.69. The summed E-state index contributed by atoms with van der Waals surface area (Å²) in [6.07, 6.45) is 4.79. The minimum atomic E-state index is 0.454. The molecule has 1 heterocycles. The molecule has 1 fully saturated rings. The van der Waals surface area contributed by atoms with Crippen LogP contribution in [-0.2, 0) is 19.4 Å². The minimum Gasteiger partial charge on any atom is -0.317 e. The van der Waals surface area contributed by atoms with E-state index < -0.39 is 0 Å². The fourth-order valence-corrected chi connectivity index (χ4v) is 3.45. The van der Waals surface area contributed by atoms with Crippen LogP contribution in [0.1, 0.15) is 45.0 Å². The quantitative estimate of drug-likeness (QED) is 0.874. The highest BCUT2D eigenvalue weighted by Crippen LogP contribution is 2.52. The summed E-state index contributed by atoms with van der Waals surface area (Å²) in [6.45, 7) is 7.59. The average Bonchev–Trinajstić information content (AvgIpc) is 3.11. The Morgan fingerprint density at radius 3 is 2.56 bits per heavy atom. The second kappa shape index (κ2) is 5.33. The molecule has 0 spiro atoms. The smallest absolute Gasteiger partial charge is 0.0766 e. The zero-order chi connectivity index (χ0) is 13.3. The number of aromatic nitrogens is 2. The van der Waals surface area contributed by atoms with Crippen molar-refractivity contribution in [3.8, 4) is 0 Å². The van der Waals surface area contributed by atoms with Crippen molar-refractivity contribution in [2.45, 2.75) is 59.0 Å². The van der Waals surface area contributed by atoms with E-state index >= 15 is 0 Å². The van der Waals surface area contributed by atoms with Gasteiger partial charge in [0.2, 0.25) is 0 Å². The molecule has 1 saturated carbocycles. The zero-order valence-electron chi connectivity index (χ0n) is 11.9. The third-order valence-corrected chi connectivity index (χ3v) is 5.37. The largest absolute Gasteiger partial charge is 0.317 e. The van der Waals surface area contributed by atoms with Gasteiger partial charge in [-0.05, 0) is 67.9 Å². The second-order valence-electron chi connectivity index (χ2n) is 5.43. The van der Waals surface area contributed by atoms with Crippen molar-refractivity contribution in [2.24, 2.45) is 5.41 Å². The zero-order valence-corrected chi connectivity index (χ0v) is 13.5. The van der Waals surface area contributed by atoms with Crippen LogP contribution in [0.15, 0.2) is 4.47 Å². The number of halogens is 1. The van der Waals surface area contributed by atoms with Crippen molar-refractivity contribution < 1.29 is 0 Å². The fourth-order valence-electron chi connectivity index (χ4n) is 2.75. The number of aryl methyl sites for hydroxylation is 2. The first kappa shape index (κ1) is 14.1. The van der Waals surface area contributed by atoms with Gasteiger partial charge in [0.25, 0.3) is 0 Å². The SMILES string of the molecule is CCc1nn(CC)c(CC2(C(C)NC)CC2)c1Br. The third-order valence-electron chi connectivity index (χ3n) is 4.46. The Kier molecular flexibility index (Phi) is 4.17. The maximum atomic E-state index is 4.69. The lowest BCUT2D eigenvalue weighted by Crippen LogP contribution is -2.34. The van der Waals surface area contributed by atoms with Crippen molar-refractivity contribution in [2.75, 3.05) is 7.05 Å². The fraction of sp³-hybridized carbons (Fsp3) is 0.786. The molecule has 1 N–H and O–H groups in total. The summed E-state index contributed by atoms with van der Waals surface area (Å²) >= 11 is 3.75. The van der Waals surface area contributed by atoms with Crippen molar-refractivity contribution >= 4 is 15.9 Å². The van der Waals surface area contributed by atoms with Crippen LogP contribution in [0.4, 0.5) is 0 Å². The van der Waals surface area contributed by atoms with Gasteiger partial charge in [0.05, 0.1) is 15.9 Å². The van der Waals surface area contributed by atoms with Gasteiger partial charge in [0, 0.05) is 12.6 Å². The summed E-state index contributed by atoms with van der Waals surface area (Å²) in [5, 5.41) is 8.11. The predicted octanol–water partition coefficient (Wildman–Crippen LogP) is 3.16. The van der Waals surface area contributed by atoms with Gasteiger partial charge in [-0.1, -0.05) is 6.92 Å². The summed E-state index contributed by atoms with van der Waals surface area (Å²) in [5.74, 6) is 0. The van der Waals surface area contributed by atoms with Crippen LogP contribution in [0.2, 0.25) is 0 Å². The van der Waals surface area contributed by atoms with Crippen LogP contribution in [0.5, 0.6) is 0 Å². The van der Waals surface area contributed by atoms with E-state index in [0.717, 1.165) is 19.4 Å². The van der Waals surface area contributed by atoms with Crippen LogP contribution in [0, 0.1) is 5.41 Å². The first-order valence-corrected chi connectivity index (χ1v) is 7.78. The highest BCUT2D eigenvalue weighted by Gasteiger charge is 2.47. The highest BCUT2D eigenvalue weighted by molar-refractivity contribution is 9.10. The van der Waals surface area contributed by atoms with Crippen molar-refractivity contribution in [1.29, 1.82) is 0 Å². The topological polar surface area (TPSA) is 29.9 Å². The minimum absolute atomic E-state index is 0.454. The van der Waals surface area contributed by atoms with Crippen molar-refractivity contribution in [3.05, 3.63) is 15.9 Å². The monoisotopic (exact) mass is 313 g/mol. The standard InChI is InChI=1S/C14H24BrN3/c1-5-11-13(15)12(18(6-2)17-11)9-14(7-8-14)10(3)16-4/h10,16H,5-9H2,1-4H3. The van der Waals surface area contributed by atoms with E-state index in [1.807, 2.05) is 0 Å². The Morgan fingerprint density at radius 1 is 1.44 bits per heavy atom. The maximum Gasteiger partial charge on any atom is 0.0766 e. The molecule has 1 aromatic rings. The van der Waals surface area contributed by atoms with Crippen molar-refractivity contribution in [1.82, 2.24) is 15.1 Å². The van der Waals surface area contributed by atoms with Crippen LogP contribution >= 0.6 is 15.9 Å². The number of nitrogens with zero attached hydrogens (tertiary/aromatic N) is 2.